The Bertz CT molecular complexity index is 689. The molecule has 11 heteroatoms. The number of urea groups is 1. The molecule has 1 atom stereocenters. The zero-order valence-corrected chi connectivity index (χ0v) is 14.0. The van der Waals surface area contributed by atoms with E-state index in [1.807, 2.05) is 0 Å². The maximum Gasteiger partial charge on any atom is 0.416 e. The molecule has 0 saturated carbocycles. The van der Waals surface area contributed by atoms with Gasteiger partial charge in [0, 0.05) is 19.5 Å². The van der Waals surface area contributed by atoms with Gasteiger partial charge < -0.3 is 15.5 Å². The quantitative estimate of drug-likeness (QED) is 0.750. The zero-order valence-electron chi connectivity index (χ0n) is 14.0. The Morgan fingerprint density at radius 2 is 1.89 bits per heavy atom. The van der Waals surface area contributed by atoms with E-state index in [9.17, 15) is 35.9 Å². The summed E-state index contributed by atoms with van der Waals surface area (Å²) in [6, 6.07) is 1.79. The van der Waals surface area contributed by atoms with Gasteiger partial charge in [0.05, 0.1) is 11.6 Å². The second-order valence-electron chi connectivity index (χ2n) is 6.06. The first-order valence-corrected chi connectivity index (χ1v) is 8.02. The van der Waals surface area contributed by atoms with Crippen LogP contribution in [0.25, 0.3) is 0 Å². The minimum Gasteiger partial charge on any atom is -0.340 e. The Morgan fingerprint density at radius 3 is 2.44 bits per heavy atom. The summed E-state index contributed by atoms with van der Waals surface area (Å²) < 4.78 is 75.4. The molecule has 2 rings (SSSR count). The minimum absolute atomic E-state index is 0.0340. The monoisotopic (exact) mass is 397 g/mol. The van der Waals surface area contributed by atoms with E-state index in [-0.39, 0.29) is 24.4 Å². The van der Waals surface area contributed by atoms with Gasteiger partial charge in [0.2, 0.25) is 5.91 Å². The summed E-state index contributed by atoms with van der Waals surface area (Å²) in [6.07, 6.45) is -8.42. The highest BCUT2D eigenvalue weighted by atomic mass is 19.4. The van der Waals surface area contributed by atoms with Crippen molar-refractivity contribution in [2.45, 2.75) is 31.2 Å². The first-order valence-electron chi connectivity index (χ1n) is 8.02. The number of benzene rings is 1. The van der Waals surface area contributed by atoms with E-state index in [4.69, 9.17) is 0 Å². The van der Waals surface area contributed by atoms with Gasteiger partial charge >= 0.3 is 18.4 Å². The summed E-state index contributed by atoms with van der Waals surface area (Å²) in [5, 5.41) is 3.82. The number of amides is 3. The van der Waals surface area contributed by atoms with E-state index in [1.54, 1.807) is 5.32 Å². The fourth-order valence-electron chi connectivity index (χ4n) is 2.67. The van der Waals surface area contributed by atoms with Crippen molar-refractivity contribution >= 4 is 11.9 Å². The van der Waals surface area contributed by atoms with Crippen LogP contribution < -0.4 is 10.6 Å². The smallest absolute Gasteiger partial charge is 0.340 e. The molecule has 1 heterocycles. The van der Waals surface area contributed by atoms with Gasteiger partial charge in [0.25, 0.3) is 0 Å². The maximum absolute atomic E-state index is 12.9. The largest absolute Gasteiger partial charge is 0.416 e. The fourth-order valence-corrected chi connectivity index (χ4v) is 2.67. The molecule has 1 aliphatic heterocycles. The normalized spacial score (nSPS) is 16.4. The van der Waals surface area contributed by atoms with Crippen molar-refractivity contribution in [3.05, 3.63) is 35.4 Å². The van der Waals surface area contributed by atoms with Crippen molar-refractivity contribution in [1.29, 1.82) is 0 Å². The fraction of sp³-hybridized carbons (Fsp3) is 0.500. The van der Waals surface area contributed by atoms with Crippen LogP contribution in [-0.4, -0.2) is 42.6 Å². The lowest BCUT2D eigenvalue weighted by Gasteiger charge is -2.26. The van der Waals surface area contributed by atoms with Gasteiger partial charge in [-0.15, -0.1) is 0 Å². The molecular weight excluding hydrogens is 380 g/mol. The van der Waals surface area contributed by atoms with Gasteiger partial charge in [-0.1, -0.05) is 12.1 Å². The molecule has 3 amide bonds. The summed E-state index contributed by atoms with van der Waals surface area (Å²) in [5.74, 6) is -0.232. The third kappa shape index (κ3) is 6.33. The Hall–Kier alpha value is -2.46. The van der Waals surface area contributed by atoms with E-state index in [2.05, 4.69) is 5.32 Å². The van der Waals surface area contributed by atoms with Crippen LogP contribution in [-0.2, 0) is 11.0 Å². The number of nitrogens with one attached hydrogen (secondary N) is 2. The molecular formula is C16H17F6N3O2. The lowest BCUT2D eigenvalue weighted by atomic mass is 10.0. The van der Waals surface area contributed by atoms with Crippen LogP contribution in [0.15, 0.2) is 24.3 Å². The number of carbonyl (C=O) groups is 2. The molecule has 1 saturated heterocycles. The van der Waals surface area contributed by atoms with Gasteiger partial charge in [-0.3, -0.25) is 4.79 Å². The highest BCUT2D eigenvalue weighted by Gasteiger charge is 2.33. The second kappa shape index (κ2) is 8.05. The summed E-state index contributed by atoms with van der Waals surface area (Å²) in [7, 11) is 0. The predicted octanol–water partition coefficient (Wildman–Crippen LogP) is 3.23. The van der Waals surface area contributed by atoms with Crippen molar-refractivity contribution < 1.29 is 35.9 Å². The molecule has 1 aromatic rings. The number of alkyl halides is 6. The van der Waals surface area contributed by atoms with Crippen molar-refractivity contribution in [3.8, 4) is 0 Å². The van der Waals surface area contributed by atoms with E-state index in [0.29, 0.717) is 13.0 Å². The van der Waals surface area contributed by atoms with Crippen molar-refractivity contribution in [1.82, 2.24) is 15.5 Å². The average Bonchev–Trinajstić information content (AvgIpc) is 2.96. The third-order valence-corrected chi connectivity index (χ3v) is 3.95. The van der Waals surface area contributed by atoms with E-state index in [0.717, 1.165) is 18.2 Å². The molecule has 2 N–H and O–H groups in total. The standard InChI is InChI=1S/C16H17F6N3O2/c17-15(18,19)9-23-14(27)24-12(8-25-6-2-5-13(25)26)10-3-1-4-11(7-10)16(20,21)22/h1,3-4,7,12H,2,5-6,8-9H2,(H2,23,24,27)/t12-/m0/s1. The molecule has 1 fully saturated rings. The molecule has 150 valence electrons. The first-order chi connectivity index (χ1) is 12.5. The van der Waals surface area contributed by atoms with Crippen LogP contribution in [0.1, 0.15) is 30.0 Å². The van der Waals surface area contributed by atoms with Crippen LogP contribution in [0.5, 0.6) is 0 Å². The molecule has 1 aromatic carbocycles. The third-order valence-electron chi connectivity index (χ3n) is 3.95. The minimum atomic E-state index is -4.63. The molecule has 27 heavy (non-hydrogen) atoms. The lowest BCUT2D eigenvalue weighted by molar-refractivity contribution is -0.137. The van der Waals surface area contributed by atoms with Gasteiger partial charge in [-0.2, -0.15) is 26.3 Å². The average molecular weight is 397 g/mol. The van der Waals surface area contributed by atoms with Crippen molar-refractivity contribution in [3.63, 3.8) is 0 Å². The van der Waals surface area contributed by atoms with Gasteiger partial charge in [0.1, 0.15) is 6.54 Å². The number of carbonyl (C=O) groups excluding carboxylic acids is 2. The van der Waals surface area contributed by atoms with E-state index >= 15 is 0 Å². The SMILES string of the molecule is O=C(NCC(F)(F)F)N[C@@H](CN1CCCC1=O)c1cccc(C(F)(F)F)c1. The number of rotatable bonds is 5. The first kappa shape index (κ1) is 20.8. The van der Waals surface area contributed by atoms with E-state index in [1.165, 1.54) is 11.0 Å². The number of likely N-dealkylation sites (tertiary alicyclic amines) is 1. The van der Waals surface area contributed by atoms with Crippen LogP contribution in [0.4, 0.5) is 31.1 Å². The lowest BCUT2D eigenvalue weighted by Crippen LogP contribution is -2.45. The molecule has 0 radical (unpaired) electrons. The Labute approximate surface area is 150 Å². The van der Waals surface area contributed by atoms with Crippen LogP contribution in [0.2, 0.25) is 0 Å². The van der Waals surface area contributed by atoms with Crippen LogP contribution in [0.3, 0.4) is 0 Å². The number of hydrogen-bond acceptors (Lipinski definition) is 2. The topological polar surface area (TPSA) is 61.4 Å². The second-order valence-corrected chi connectivity index (χ2v) is 6.06. The number of nitrogens with zero attached hydrogens (tertiary/aromatic N) is 1. The number of halogens is 6. The van der Waals surface area contributed by atoms with Crippen molar-refractivity contribution in [2.24, 2.45) is 0 Å². The molecule has 5 nitrogen and oxygen atoms in total. The van der Waals surface area contributed by atoms with Gasteiger partial charge in [0.15, 0.2) is 0 Å². The van der Waals surface area contributed by atoms with Crippen molar-refractivity contribution in [2.75, 3.05) is 19.6 Å². The van der Waals surface area contributed by atoms with E-state index < -0.39 is 36.5 Å². The Kier molecular flexibility index (Phi) is 6.22. The van der Waals surface area contributed by atoms with Crippen LogP contribution >= 0.6 is 0 Å². The highest BCUT2D eigenvalue weighted by Crippen LogP contribution is 2.31. The summed E-state index contributed by atoms with van der Waals surface area (Å²) in [6.45, 7) is -1.36. The molecule has 0 unspecified atom stereocenters. The summed E-state index contributed by atoms with van der Waals surface area (Å²) in [4.78, 5) is 24.9. The molecule has 0 aliphatic carbocycles. The molecule has 1 aliphatic rings. The Balaban J connectivity index is 2.19. The van der Waals surface area contributed by atoms with Crippen LogP contribution in [0, 0.1) is 0 Å². The maximum atomic E-state index is 12.9. The van der Waals surface area contributed by atoms with Gasteiger partial charge in [-0.05, 0) is 24.1 Å². The molecule has 0 bridgehead atoms. The summed E-state index contributed by atoms with van der Waals surface area (Å²) in [5.41, 5.74) is -0.929. The Morgan fingerprint density at radius 1 is 1.19 bits per heavy atom. The number of hydrogen-bond donors (Lipinski definition) is 2. The zero-order chi connectivity index (χ0) is 20.2. The summed E-state index contributed by atoms with van der Waals surface area (Å²) >= 11 is 0. The molecule has 0 spiro atoms. The predicted molar refractivity (Wildman–Crippen MR) is 82.6 cm³/mol. The highest BCUT2D eigenvalue weighted by molar-refractivity contribution is 5.78. The van der Waals surface area contributed by atoms with Gasteiger partial charge in [-0.25, -0.2) is 4.79 Å². The molecule has 0 aromatic heterocycles.